The maximum atomic E-state index is 12.5. The highest BCUT2D eigenvalue weighted by Gasteiger charge is 2.29. The number of carbonyl (C=O) groups is 1. The molecule has 0 saturated carbocycles. The fourth-order valence-corrected chi connectivity index (χ4v) is 4.91. The summed E-state index contributed by atoms with van der Waals surface area (Å²) in [6.07, 6.45) is 5.06. The number of nitrogens with one attached hydrogen (secondary N) is 1. The predicted molar refractivity (Wildman–Crippen MR) is 103 cm³/mol. The Morgan fingerprint density at radius 2 is 1.81 bits per heavy atom. The molecule has 2 aromatic heterocycles. The third-order valence-electron chi connectivity index (χ3n) is 5.37. The molecule has 1 aromatic carbocycles. The lowest BCUT2D eigenvalue weighted by atomic mass is 9.86. The van der Waals surface area contributed by atoms with Crippen LogP contribution < -0.4 is 5.32 Å². The van der Waals surface area contributed by atoms with Crippen LogP contribution in [0.1, 0.15) is 44.4 Å². The van der Waals surface area contributed by atoms with E-state index in [1.54, 1.807) is 17.5 Å². The molecule has 2 aliphatic carbocycles. The van der Waals surface area contributed by atoms with Crippen molar-refractivity contribution in [1.82, 2.24) is 9.97 Å². The van der Waals surface area contributed by atoms with Crippen LogP contribution in [0.4, 0.5) is 5.95 Å². The molecule has 0 spiro atoms. The molecule has 1 unspecified atom stereocenters. The molecule has 5 rings (SSSR count). The number of benzene rings is 1. The third-order valence-corrected chi connectivity index (χ3v) is 6.40. The normalized spacial score (nSPS) is 19.2. The molecule has 4 nitrogen and oxygen atoms in total. The molecule has 26 heavy (non-hydrogen) atoms. The number of Topliss-reactive ketones (excluding diaryl/α,β-unsaturated/α-hetero) is 1. The molecule has 0 saturated heterocycles. The van der Waals surface area contributed by atoms with Crippen molar-refractivity contribution in [3.8, 4) is 0 Å². The first-order valence-corrected chi connectivity index (χ1v) is 9.90. The Bertz CT molecular complexity index is 942. The van der Waals surface area contributed by atoms with Crippen molar-refractivity contribution < 1.29 is 4.79 Å². The van der Waals surface area contributed by atoms with E-state index in [-0.39, 0.29) is 11.7 Å². The zero-order chi connectivity index (χ0) is 17.5. The predicted octanol–water partition coefficient (Wildman–Crippen LogP) is 4.03. The minimum absolute atomic E-state index is 0.157. The van der Waals surface area contributed by atoms with Crippen LogP contribution in [0.2, 0.25) is 0 Å². The van der Waals surface area contributed by atoms with Crippen molar-refractivity contribution in [2.75, 3.05) is 5.32 Å². The van der Waals surface area contributed by atoms with Gasteiger partial charge < -0.3 is 5.32 Å². The number of anilines is 1. The van der Waals surface area contributed by atoms with Gasteiger partial charge in [0.2, 0.25) is 5.95 Å². The summed E-state index contributed by atoms with van der Waals surface area (Å²) in [5.74, 6) is 1.04. The Labute approximate surface area is 156 Å². The molecular weight excluding hydrogens is 342 g/mol. The van der Waals surface area contributed by atoms with Crippen molar-refractivity contribution in [2.24, 2.45) is 0 Å². The number of hydrogen-bond acceptors (Lipinski definition) is 5. The van der Waals surface area contributed by atoms with Gasteiger partial charge in [-0.05, 0) is 41.8 Å². The van der Waals surface area contributed by atoms with Crippen LogP contribution in [0.25, 0.3) is 0 Å². The number of ketones is 1. The number of thiophene rings is 1. The van der Waals surface area contributed by atoms with Crippen LogP contribution in [0.15, 0.2) is 48.0 Å². The van der Waals surface area contributed by atoms with Gasteiger partial charge in [-0.25, -0.2) is 9.97 Å². The highest BCUT2D eigenvalue weighted by molar-refractivity contribution is 7.10. The summed E-state index contributed by atoms with van der Waals surface area (Å²) in [5.41, 5.74) is 4.37. The number of rotatable bonds is 3. The van der Waals surface area contributed by atoms with Crippen LogP contribution in [-0.2, 0) is 19.3 Å². The van der Waals surface area contributed by atoms with Gasteiger partial charge >= 0.3 is 0 Å². The van der Waals surface area contributed by atoms with Gasteiger partial charge in [-0.2, -0.15) is 0 Å². The van der Waals surface area contributed by atoms with Crippen molar-refractivity contribution >= 4 is 23.1 Å². The largest absolute Gasteiger partial charge is 0.351 e. The van der Waals surface area contributed by atoms with Gasteiger partial charge in [0.05, 0.1) is 11.3 Å². The van der Waals surface area contributed by atoms with Crippen LogP contribution >= 0.6 is 11.3 Å². The second-order valence-electron chi connectivity index (χ2n) is 7.12. The van der Waals surface area contributed by atoms with Gasteiger partial charge in [0, 0.05) is 29.5 Å². The molecule has 3 aromatic rings. The van der Waals surface area contributed by atoms with E-state index in [1.165, 1.54) is 16.0 Å². The Hall–Kier alpha value is -2.53. The van der Waals surface area contributed by atoms with Gasteiger partial charge in [-0.3, -0.25) is 4.79 Å². The van der Waals surface area contributed by atoms with E-state index in [4.69, 9.17) is 4.98 Å². The van der Waals surface area contributed by atoms with Gasteiger partial charge in [0.1, 0.15) is 0 Å². The van der Waals surface area contributed by atoms with Crippen molar-refractivity contribution in [2.45, 2.75) is 37.6 Å². The quantitative estimate of drug-likeness (QED) is 0.765. The molecule has 0 amide bonds. The standard InChI is InChI=1S/C21H19N3OS/c25-19-11-15(20-6-3-7-26-20)10-18-17(19)12-22-21(24-18)23-16-8-13-4-1-2-5-14(13)9-16/h1-7,12,15-16H,8-11H2,(H,22,23,24). The first kappa shape index (κ1) is 15.7. The second-order valence-corrected chi connectivity index (χ2v) is 8.10. The topological polar surface area (TPSA) is 54.9 Å². The van der Waals surface area contributed by atoms with Gasteiger partial charge in [-0.1, -0.05) is 30.3 Å². The fraction of sp³-hybridized carbons (Fsp3) is 0.286. The summed E-state index contributed by atoms with van der Waals surface area (Å²) < 4.78 is 0. The number of carbonyl (C=O) groups excluding carboxylic acids is 1. The lowest BCUT2D eigenvalue weighted by molar-refractivity contribution is 0.0963. The minimum atomic E-state index is 0.157. The SMILES string of the molecule is O=C1CC(c2cccs2)Cc2nc(NC3Cc4ccccc4C3)ncc21. The van der Waals surface area contributed by atoms with Crippen molar-refractivity contribution in [3.05, 3.63) is 75.2 Å². The summed E-state index contributed by atoms with van der Waals surface area (Å²) in [6.45, 7) is 0. The maximum Gasteiger partial charge on any atom is 0.223 e. The van der Waals surface area contributed by atoms with Crippen LogP contribution in [0.5, 0.6) is 0 Å². The van der Waals surface area contributed by atoms with Crippen LogP contribution in [-0.4, -0.2) is 21.8 Å². The summed E-state index contributed by atoms with van der Waals surface area (Å²) in [4.78, 5) is 22.9. The summed E-state index contributed by atoms with van der Waals surface area (Å²) in [5, 5.41) is 5.54. The second kappa shape index (κ2) is 6.32. The fourth-order valence-electron chi connectivity index (χ4n) is 4.08. The first-order valence-electron chi connectivity index (χ1n) is 9.02. The number of aromatic nitrogens is 2. The zero-order valence-electron chi connectivity index (χ0n) is 14.3. The average molecular weight is 361 g/mol. The van der Waals surface area contributed by atoms with E-state index in [9.17, 15) is 4.79 Å². The first-order chi connectivity index (χ1) is 12.8. The maximum absolute atomic E-state index is 12.5. The molecule has 1 atom stereocenters. The van der Waals surface area contributed by atoms with Crippen LogP contribution in [0.3, 0.4) is 0 Å². The van der Waals surface area contributed by atoms with E-state index in [0.29, 0.717) is 24.0 Å². The third kappa shape index (κ3) is 2.82. The summed E-state index contributed by atoms with van der Waals surface area (Å²) in [6, 6.07) is 13.0. The van der Waals surface area contributed by atoms with Gasteiger partial charge in [0.25, 0.3) is 0 Å². The Balaban J connectivity index is 1.36. The summed E-state index contributed by atoms with van der Waals surface area (Å²) >= 11 is 1.72. The zero-order valence-corrected chi connectivity index (χ0v) is 15.1. The van der Waals surface area contributed by atoms with E-state index in [2.05, 4.69) is 46.0 Å². The molecule has 0 aliphatic heterocycles. The lowest BCUT2D eigenvalue weighted by Crippen LogP contribution is -2.24. The Morgan fingerprint density at radius 1 is 1.00 bits per heavy atom. The molecule has 130 valence electrons. The highest BCUT2D eigenvalue weighted by Crippen LogP contribution is 2.34. The molecule has 2 aliphatic rings. The van der Waals surface area contributed by atoms with E-state index < -0.39 is 0 Å². The molecule has 0 bridgehead atoms. The van der Waals surface area contributed by atoms with E-state index >= 15 is 0 Å². The lowest BCUT2D eigenvalue weighted by Gasteiger charge is -2.22. The Kier molecular flexibility index (Phi) is 3.82. The number of hydrogen-bond donors (Lipinski definition) is 1. The molecule has 1 N–H and O–H groups in total. The summed E-state index contributed by atoms with van der Waals surface area (Å²) in [7, 11) is 0. The average Bonchev–Trinajstić information content (AvgIpc) is 3.30. The van der Waals surface area contributed by atoms with Crippen molar-refractivity contribution in [1.29, 1.82) is 0 Å². The van der Waals surface area contributed by atoms with Crippen molar-refractivity contribution in [3.63, 3.8) is 0 Å². The highest BCUT2D eigenvalue weighted by atomic mass is 32.1. The Morgan fingerprint density at radius 3 is 2.54 bits per heavy atom. The van der Waals surface area contributed by atoms with E-state index in [1.807, 2.05) is 6.07 Å². The van der Waals surface area contributed by atoms with Gasteiger partial charge in [0.15, 0.2) is 5.78 Å². The number of nitrogens with zero attached hydrogens (tertiary/aromatic N) is 2. The van der Waals surface area contributed by atoms with E-state index in [0.717, 1.165) is 25.0 Å². The smallest absolute Gasteiger partial charge is 0.223 e. The molecule has 0 radical (unpaired) electrons. The number of fused-ring (bicyclic) bond motifs is 2. The molecule has 5 heteroatoms. The van der Waals surface area contributed by atoms with Gasteiger partial charge in [-0.15, -0.1) is 11.3 Å². The van der Waals surface area contributed by atoms with Crippen LogP contribution in [0, 0.1) is 0 Å². The molecular formula is C21H19N3OS. The molecule has 0 fully saturated rings. The molecule has 2 heterocycles. The minimum Gasteiger partial charge on any atom is -0.351 e. The monoisotopic (exact) mass is 361 g/mol.